The number of unbranched alkanes of at least 4 members (excludes halogenated alkanes) is 2. The zero-order valence-electron chi connectivity index (χ0n) is 17.5. The minimum atomic E-state index is -0.798. The van der Waals surface area contributed by atoms with E-state index in [-0.39, 0.29) is 23.1 Å². The van der Waals surface area contributed by atoms with E-state index in [0.29, 0.717) is 22.6 Å². The zero-order valence-corrected chi connectivity index (χ0v) is 19.9. The molecule has 0 bridgehead atoms. The van der Waals surface area contributed by atoms with E-state index in [4.69, 9.17) is 10.5 Å². The number of rotatable bonds is 12. The summed E-state index contributed by atoms with van der Waals surface area (Å²) in [5.74, 6) is -1.30. The van der Waals surface area contributed by atoms with Crippen LogP contribution in [0.4, 0.5) is 14.2 Å². The number of urea groups is 1. The molecule has 0 aliphatic carbocycles. The first-order valence-electron chi connectivity index (χ1n) is 9.92. The van der Waals surface area contributed by atoms with E-state index < -0.39 is 17.8 Å². The first-order chi connectivity index (χ1) is 14.8. The molecule has 1 aromatic heterocycles. The molecule has 0 fully saturated rings. The van der Waals surface area contributed by atoms with Crippen LogP contribution in [0.2, 0.25) is 0 Å². The Balaban J connectivity index is 1.85. The lowest BCUT2D eigenvalue weighted by Gasteiger charge is -2.09. The maximum atomic E-state index is 14.0. The van der Waals surface area contributed by atoms with Crippen molar-refractivity contribution in [2.45, 2.75) is 45.8 Å². The van der Waals surface area contributed by atoms with Crippen molar-refractivity contribution in [1.82, 2.24) is 15.0 Å². The molecule has 3 amide bonds. The largest absolute Gasteiger partial charge is 0.471 e. The molecule has 0 aliphatic heterocycles. The Labute approximate surface area is 193 Å². The SMILES string of the molecule is CC(C)NCCCCCNC(=O)Nc1snc(OCc2ccc(Br)cc2F)c1C(N)=O. The van der Waals surface area contributed by atoms with E-state index in [1.54, 1.807) is 12.1 Å². The average molecular weight is 516 g/mol. The lowest BCUT2D eigenvalue weighted by molar-refractivity contribution is 0.0996. The Morgan fingerprint density at radius 1 is 1.26 bits per heavy atom. The topological polar surface area (TPSA) is 118 Å². The van der Waals surface area contributed by atoms with Gasteiger partial charge in [-0.2, -0.15) is 4.37 Å². The highest BCUT2D eigenvalue weighted by Gasteiger charge is 2.22. The van der Waals surface area contributed by atoms with Gasteiger partial charge in [-0.1, -0.05) is 42.3 Å². The molecule has 0 aliphatic rings. The molecular formula is C20H27BrFN5O3S. The Hall–Kier alpha value is -2.24. The standard InChI is InChI=1S/C20H27BrFN5O3S/c1-12(2)24-8-4-3-5-9-25-20(29)26-19-16(17(23)28)18(27-31-19)30-11-13-6-7-14(21)10-15(13)22/h6-7,10,12,24H,3-5,8-9,11H2,1-2H3,(H2,23,28)(H2,25,26,29). The van der Waals surface area contributed by atoms with Gasteiger partial charge in [-0.05, 0) is 43.1 Å². The molecule has 170 valence electrons. The molecule has 0 radical (unpaired) electrons. The number of halogens is 2. The summed E-state index contributed by atoms with van der Waals surface area (Å²) in [6, 6.07) is 4.55. The molecule has 2 rings (SSSR count). The molecule has 31 heavy (non-hydrogen) atoms. The van der Waals surface area contributed by atoms with Gasteiger partial charge in [0, 0.05) is 22.6 Å². The van der Waals surface area contributed by atoms with Gasteiger partial charge in [-0.3, -0.25) is 10.1 Å². The van der Waals surface area contributed by atoms with E-state index in [2.05, 4.69) is 50.1 Å². The lowest BCUT2D eigenvalue weighted by atomic mass is 10.2. The van der Waals surface area contributed by atoms with E-state index in [1.165, 1.54) is 6.07 Å². The summed E-state index contributed by atoms with van der Waals surface area (Å²) in [6.45, 7) is 5.51. The summed E-state index contributed by atoms with van der Waals surface area (Å²) in [7, 11) is 0. The number of primary amides is 1. The number of carbonyl (C=O) groups excluding carboxylic acids is 2. The van der Waals surface area contributed by atoms with Crippen molar-refractivity contribution in [3.63, 3.8) is 0 Å². The number of nitrogens with zero attached hydrogens (tertiary/aromatic N) is 1. The van der Waals surface area contributed by atoms with Crippen LogP contribution in [0.25, 0.3) is 0 Å². The molecule has 1 heterocycles. The summed E-state index contributed by atoms with van der Waals surface area (Å²) in [6.07, 6.45) is 2.85. The zero-order chi connectivity index (χ0) is 22.8. The van der Waals surface area contributed by atoms with Crippen LogP contribution in [0.15, 0.2) is 22.7 Å². The Morgan fingerprint density at radius 2 is 2.00 bits per heavy atom. The fraction of sp³-hybridized carbons (Fsp3) is 0.450. The van der Waals surface area contributed by atoms with Crippen LogP contribution in [0, 0.1) is 5.82 Å². The van der Waals surface area contributed by atoms with Crippen molar-refractivity contribution in [3.05, 3.63) is 39.6 Å². The third-order valence-corrected chi connectivity index (χ3v) is 5.44. The van der Waals surface area contributed by atoms with Gasteiger partial charge >= 0.3 is 6.03 Å². The lowest BCUT2D eigenvalue weighted by Crippen LogP contribution is -2.30. The number of aromatic nitrogens is 1. The third kappa shape index (κ3) is 8.42. The molecule has 8 nitrogen and oxygen atoms in total. The molecule has 2 aromatic rings. The van der Waals surface area contributed by atoms with Crippen molar-refractivity contribution < 1.29 is 18.7 Å². The molecular weight excluding hydrogens is 489 g/mol. The number of ether oxygens (including phenoxy) is 1. The first-order valence-corrected chi connectivity index (χ1v) is 11.5. The Morgan fingerprint density at radius 3 is 2.68 bits per heavy atom. The second kappa shape index (κ2) is 12.6. The van der Waals surface area contributed by atoms with Crippen LogP contribution < -0.4 is 26.4 Å². The van der Waals surface area contributed by atoms with Crippen molar-refractivity contribution >= 4 is 44.4 Å². The number of amides is 3. The highest BCUT2D eigenvalue weighted by Crippen LogP contribution is 2.31. The molecule has 0 saturated carbocycles. The minimum Gasteiger partial charge on any atom is -0.471 e. The monoisotopic (exact) mass is 515 g/mol. The number of benzene rings is 1. The summed E-state index contributed by atoms with van der Waals surface area (Å²) in [4.78, 5) is 24.0. The van der Waals surface area contributed by atoms with Gasteiger partial charge in [0.1, 0.15) is 23.0 Å². The highest BCUT2D eigenvalue weighted by atomic mass is 79.9. The van der Waals surface area contributed by atoms with Crippen molar-refractivity contribution in [3.8, 4) is 5.88 Å². The van der Waals surface area contributed by atoms with Gasteiger partial charge in [0.2, 0.25) is 5.88 Å². The third-order valence-electron chi connectivity index (χ3n) is 4.21. The number of hydrogen-bond donors (Lipinski definition) is 4. The van der Waals surface area contributed by atoms with E-state index in [9.17, 15) is 14.0 Å². The smallest absolute Gasteiger partial charge is 0.319 e. The molecule has 11 heteroatoms. The average Bonchev–Trinajstić information content (AvgIpc) is 3.09. The summed E-state index contributed by atoms with van der Waals surface area (Å²) >= 11 is 4.06. The molecule has 1 aromatic carbocycles. The van der Waals surface area contributed by atoms with Gasteiger partial charge in [0.05, 0.1) is 0 Å². The fourth-order valence-corrected chi connectivity index (χ4v) is 3.70. The summed E-state index contributed by atoms with van der Waals surface area (Å²) in [5.41, 5.74) is 5.68. The van der Waals surface area contributed by atoms with Crippen LogP contribution in [0.3, 0.4) is 0 Å². The molecule has 0 spiro atoms. The van der Waals surface area contributed by atoms with Crippen molar-refractivity contribution in [2.75, 3.05) is 18.4 Å². The van der Waals surface area contributed by atoms with Gasteiger partial charge in [0.25, 0.3) is 5.91 Å². The summed E-state index contributed by atoms with van der Waals surface area (Å²) < 4.78 is 24.1. The number of nitrogens with one attached hydrogen (secondary N) is 3. The molecule has 0 unspecified atom stereocenters. The van der Waals surface area contributed by atoms with Gasteiger partial charge in [-0.25, -0.2) is 9.18 Å². The predicted molar refractivity (Wildman–Crippen MR) is 123 cm³/mol. The second-order valence-electron chi connectivity index (χ2n) is 7.13. The number of hydrogen-bond acceptors (Lipinski definition) is 6. The Bertz CT molecular complexity index is 894. The van der Waals surface area contributed by atoms with Gasteiger partial charge in [0.15, 0.2) is 0 Å². The number of nitrogens with two attached hydrogens (primary N) is 1. The maximum absolute atomic E-state index is 14.0. The fourth-order valence-electron chi connectivity index (χ4n) is 2.63. The van der Waals surface area contributed by atoms with E-state index in [0.717, 1.165) is 37.3 Å². The molecule has 5 N–H and O–H groups in total. The van der Waals surface area contributed by atoms with E-state index >= 15 is 0 Å². The predicted octanol–water partition coefficient (Wildman–Crippen LogP) is 4.01. The van der Waals surface area contributed by atoms with Crippen molar-refractivity contribution in [1.29, 1.82) is 0 Å². The molecule has 0 atom stereocenters. The maximum Gasteiger partial charge on any atom is 0.319 e. The van der Waals surface area contributed by atoms with Crippen LogP contribution in [0.1, 0.15) is 49.0 Å². The quantitative estimate of drug-likeness (QED) is 0.318. The second-order valence-corrected chi connectivity index (χ2v) is 8.82. The number of anilines is 1. The van der Waals surface area contributed by atoms with Crippen LogP contribution in [0.5, 0.6) is 5.88 Å². The van der Waals surface area contributed by atoms with Crippen LogP contribution in [-0.2, 0) is 6.61 Å². The summed E-state index contributed by atoms with van der Waals surface area (Å²) in [5, 5.41) is 8.83. The van der Waals surface area contributed by atoms with Gasteiger partial charge in [-0.15, -0.1) is 0 Å². The molecule has 0 saturated heterocycles. The van der Waals surface area contributed by atoms with Crippen molar-refractivity contribution in [2.24, 2.45) is 5.73 Å². The number of carbonyl (C=O) groups is 2. The van der Waals surface area contributed by atoms with Gasteiger partial charge < -0.3 is 21.1 Å². The minimum absolute atomic E-state index is 0.0440. The van der Waals surface area contributed by atoms with Crippen LogP contribution >= 0.6 is 27.5 Å². The first kappa shape index (κ1) is 25.0. The van der Waals surface area contributed by atoms with Crippen LogP contribution in [-0.4, -0.2) is 35.4 Å². The Kier molecular flexibility index (Phi) is 10.2. The van der Waals surface area contributed by atoms with E-state index in [1.807, 2.05) is 0 Å². The highest BCUT2D eigenvalue weighted by molar-refractivity contribution is 9.10. The normalized spacial score (nSPS) is 10.9.